The molecule has 0 saturated heterocycles. The van der Waals surface area contributed by atoms with Gasteiger partial charge in [0.2, 0.25) is 5.95 Å². The number of aryl methyl sites for hydroxylation is 1. The lowest BCUT2D eigenvalue weighted by Gasteiger charge is -2.10. The normalized spacial score (nSPS) is 11.5. The fraction of sp³-hybridized carbons (Fsp3) is 0.100. The average molecular weight is 428 g/mol. The van der Waals surface area contributed by atoms with Crippen LogP contribution in [0.4, 0.5) is 24.8 Å². The maximum absolute atomic E-state index is 13.2. The first-order valence-corrected chi connectivity index (χ1v) is 8.97. The van der Waals surface area contributed by atoms with Crippen molar-refractivity contribution in [2.75, 3.05) is 5.32 Å². The number of halogens is 3. The molecule has 11 heteroatoms. The molecule has 0 aliphatic carbocycles. The van der Waals surface area contributed by atoms with Crippen LogP contribution in [0.2, 0.25) is 0 Å². The van der Waals surface area contributed by atoms with Gasteiger partial charge >= 0.3 is 6.18 Å². The standard InChI is InChI=1S/C20H15F3N6O2/c1-11-17(29-10-13(20(21,22)23)4-7-16(29)25-11)15-8-9-24-19(27-15)26-14-5-2-12(3-6-14)18(30)28-31/h2-10,31H,1H3,(H,28,30)(H,24,26,27). The van der Waals surface area contributed by atoms with Crippen LogP contribution in [0.25, 0.3) is 17.0 Å². The highest BCUT2D eigenvalue weighted by molar-refractivity contribution is 5.93. The number of hydroxylamine groups is 1. The molecule has 4 aromatic rings. The maximum Gasteiger partial charge on any atom is 0.417 e. The van der Waals surface area contributed by atoms with Gasteiger partial charge in [0.1, 0.15) is 5.65 Å². The van der Waals surface area contributed by atoms with Crippen molar-refractivity contribution in [1.82, 2.24) is 24.8 Å². The molecule has 158 valence electrons. The van der Waals surface area contributed by atoms with Gasteiger partial charge in [-0.3, -0.25) is 14.4 Å². The van der Waals surface area contributed by atoms with E-state index in [1.165, 1.54) is 28.8 Å². The molecular weight excluding hydrogens is 413 g/mol. The summed E-state index contributed by atoms with van der Waals surface area (Å²) < 4.78 is 40.8. The number of nitrogens with one attached hydrogen (secondary N) is 2. The zero-order valence-electron chi connectivity index (χ0n) is 16.0. The third kappa shape index (κ3) is 4.03. The predicted molar refractivity (Wildman–Crippen MR) is 105 cm³/mol. The van der Waals surface area contributed by atoms with E-state index >= 15 is 0 Å². The highest BCUT2D eigenvalue weighted by Crippen LogP contribution is 2.31. The molecule has 1 amide bonds. The van der Waals surface area contributed by atoms with Gasteiger partial charge in [-0.05, 0) is 49.4 Å². The minimum atomic E-state index is -4.49. The highest BCUT2D eigenvalue weighted by Gasteiger charge is 2.31. The molecule has 0 unspecified atom stereocenters. The lowest BCUT2D eigenvalue weighted by Crippen LogP contribution is -2.18. The van der Waals surface area contributed by atoms with Crippen molar-refractivity contribution < 1.29 is 23.2 Å². The van der Waals surface area contributed by atoms with Crippen LogP contribution >= 0.6 is 0 Å². The number of anilines is 2. The number of alkyl halides is 3. The largest absolute Gasteiger partial charge is 0.417 e. The molecule has 0 aliphatic rings. The van der Waals surface area contributed by atoms with Gasteiger partial charge < -0.3 is 5.32 Å². The molecule has 0 aliphatic heterocycles. The maximum atomic E-state index is 13.2. The van der Waals surface area contributed by atoms with Crippen molar-refractivity contribution in [3.8, 4) is 11.4 Å². The number of rotatable bonds is 4. The first-order valence-electron chi connectivity index (χ1n) is 8.97. The molecule has 0 atom stereocenters. The number of hydrogen-bond acceptors (Lipinski definition) is 6. The number of amides is 1. The van der Waals surface area contributed by atoms with Gasteiger partial charge in [0.05, 0.1) is 22.6 Å². The summed E-state index contributed by atoms with van der Waals surface area (Å²) in [5.74, 6) is -0.440. The van der Waals surface area contributed by atoms with Gasteiger partial charge in [0, 0.05) is 23.6 Å². The molecule has 1 aromatic carbocycles. The molecule has 8 nitrogen and oxygen atoms in total. The number of benzene rings is 1. The topological polar surface area (TPSA) is 104 Å². The molecule has 4 rings (SSSR count). The predicted octanol–water partition coefficient (Wildman–Crippen LogP) is 3.98. The van der Waals surface area contributed by atoms with E-state index in [9.17, 15) is 18.0 Å². The van der Waals surface area contributed by atoms with E-state index in [-0.39, 0.29) is 11.5 Å². The van der Waals surface area contributed by atoms with E-state index in [4.69, 9.17) is 5.21 Å². The Labute approximate surface area is 173 Å². The molecule has 0 fully saturated rings. The van der Waals surface area contributed by atoms with Crippen LogP contribution in [-0.2, 0) is 6.18 Å². The second-order valence-electron chi connectivity index (χ2n) is 6.60. The van der Waals surface area contributed by atoms with Crippen LogP contribution in [0.1, 0.15) is 21.6 Å². The van der Waals surface area contributed by atoms with Gasteiger partial charge in [-0.1, -0.05) is 0 Å². The number of hydrogen-bond donors (Lipinski definition) is 3. The summed E-state index contributed by atoms with van der Waals surface area (Å²) in [5, 5.41) is 11.6. The van der Waals surface area contributed by atoms with Crippen LogP contribution in [0.3, 0.4) is 0 Å². The first kappa shape index (κ1) is 20.3. The van der Waals surface area contributed by atoms with Crippen LogP contribution in [0, 0.1) is 6.92 Å². The first-order chi connectivity index (χ1) is 14.8. The summed E-state index contributed by atoms with van der Waals surface area (Å²) in [7, 11) is 0. The van der Waals surface area contributed by atoms with E-state index in [2.05, 4.69) is 20.3 Å². The van der Waals surface area contributed by atoms with Crippen LogP contribution in [-0.4, -0.2) is 30.5 Å². The molecule has 0 bridgehead atoms. The molecule has 0 spiro atoms. The van der Waals surface area contributed by atoms with Crippen molar-refractivity contribution in [2.24, 2.45) is 0 Å². The molecule has 3 aromatic heterocycles. The van der Waals surface area contributed by atoms with E-state index in [1.54, 1.807) is 30.6 Å². The van der Waals surface area contributed by atoms with E-state index in [0.717, 1.165) is 12.3 Å². The Hall–Kier alpha value is -3.99. The summed E-state index contributed by atoms with van der Waals surface area (Å²) in [5.41, 5.74) is 3.26. The van der Waals surface area contributed by atoms with E-state index < -0.39 is 17.6 Å². The number of aromatic nitrogens is 4. The van der Waals surface area contributed by atoms with E-state index in [1.807, 2.05) is 0 Å². The van der Waals surface area contributed by atoms with Crippen LogP contribution in [0.5, 0.6) is 0 Å². The number of carbonyl (C=O) groups is 1. The number of carbonyl (C=O) groups excluding carboxylic acids is 1. The quantitative estimate of drug-likeness (QED) is 0.336. The van der Waals surface area contributed by atoms with E-state index in [0.29, 0.717) is 28.4 Å². The zero-order valence-corrected chi connectivity index (χ0v) is 16.0. The van der Waals surface area contributed by atoms with Crippen molar-refractivity contribution in [3.05, 3.63) is 71.7 Å². The van der Waals surface area contributed by atoms with Crippen molar-refractivity contribution >= 4 is 23.2 Å². The Kier molecular flexibility index (Phi) is 5.03. The lowest BCUT2D eigenvalue weighted by molar-refractivity contribution is -0.137. The second-order valence-corrected chi connectivity index (χ2v) is 6.60. The molecule has 3 N–H and O–H groups in total. The summed E-state index contributed by atoms with van der Waals surface area (Å²) >= 11 is 0. The third-order valence-electron chi connectivity index (χ3n) is 4.52. The second kappa shape index (κ2) is 7.69. The SMILES string of the molecule is Cc1nc2ccc(C(F)(F)F)cn2c1-c1ccnc(Nc2ccc(C(=O)NO)cc2)n1. The smallest absolute Gasteiger partial charge is 0.324 e. The Balaban J connectivity index is 1.69. The Morgan fingerprint density at radius 1 is 1.06 bits per heavy atom. The Bertz CT molecular complexity index is 1270. The summed E-state index contributed by atoms with van der Waals surface area (Å²) in [4.78, 5) is 24.3. The van der Waals surface area contributed by atoms with Gasteiger partial charge in [0.15, 0.2) is 0 Å². The zero-order chi connectivity index (χ0) is 22.2. The molecule has 31 heavy (non-hydrogen) atoms. The van der Waals surface area contributed by atoms with Crippen molar-refractivity contribution in [2.45, 2.75) is 13.1 Å². The summed E-state index contributed by atoms with van der Waals surface area (Å²) in [6, 6.07) is 10.0. The average Bonchev–Trinajstić information content (AvgIpc) is 3.08. The number of nitrogens with zero attached hydrogens (tertiary/aromatic N) is 4. The minimum Gasteiger partial charge on any atom is -0.324 e. The number of imidazole rings is 1. The Morgan fingerprint density at radius 3 is 2.48 bits per heavy atom. The third-order valence-corrected chi connectivity index (χ3v) is 4.52. The lowest BCUT2D eigenvalue weighted by atomic mass is 10.2. The molecule has 0 saturated carbocycles. The van der Waals surface area contributed by atoms with Crippen molar-refractivity contribution in [1.29, 1.82) is 0 Å². The van der Waals surface area contributed by atoms with Crippen LogP contribution < -0.4 is 10.8 Å². The fourth-order valence-corrected chi connectivity index (χ4v) is 3.09. The highest BCUT2D eigenvalue weighted by atomic mass is 19.4. The van der Waals surface area contributed by atoms with Gasteiger partial charge in [-0.15, -0.1) is 0 Å². The number of pyridine rings is 1. The van der Waals surface area contributed by atoms with Crippen molar-refractivity contribution in [3.63, 3.8) is 0 Å². The van der Waals surface area contributed by atoms with Crippen LogP contribution in [0.15, 0.2) is 54.9 Å². The fourth-order valence-electron chi connectivity index (χ4n) is 3.09. The van der Waals surface area contributed by atoms with Gasteiger partial charge in [-0.25, -0.2) is 20.4 Å². The Morgan fingerprint density at radius 2 is 1.81 bits per heavy atom. The summed E-state index contributed by atoms with van der Waals surface area (Å²) in [6.07, 6.45) is -2.02. The molecule has 3 heterocycles. The number of fused-ring (bicyclic) bond motifs is 1. The molecular formula is C20H15F3N6O2. The van der Waals surface area contributed by atoms with Gasteiger partial charge in [-0.2, -0.15) is 13.2 Å². The molecule has 0 radical (unpaired) electrons. The minimum absolute atomic E-state index is 0.207. The van der Waals surface area contributed by atoms with Gasteiger partial charge in [0.25, 0.3) is 5.91 Å². The summed E-state index contributed by atoms with van der Waals surface area (Å²) in [6.45, 7) is 1.69. The monoisotopic (exact) mass is 428 g/mol.